The smallest absolute Gasteiger partial charge is 0.223 e. The first kappa shape index (κ1) is 6.79. The van der Waals surface area contributed by atoms with Gasteiger partial charge in [-0.1, -0.05) is 5.16 Å². The highest BCUT2D eigenvalue weighted by Gasteiger charge is 2.20. The van der Waals surface area contributed by atoms with Crippen LogP contribution >= 0.6 is 0 Å². The first-order valence-electron chi connectivity index (χ1n) is 3.87. The van der Waals surface area contributed by atoms with Crippen LogP contribution in [0.5, 0.6) is 0 Å². The standard InChI is InChI=1S/C7H11N3O/c1-5-9-7(10-11-5)6-2-3-8-4-6/h6,8H,2-4H2,1H3/t6-/m1/s1. The van der Waals surface area contributed by atoms with E-state index in [-0.39, 0.29) is 0 Å². The Labute approximate surface area is 65.0 Å². The summed E-state index contributed by atoms with van der Waals surface area (Å²) < 4.78 is 4.89. The zero-order valence-corrected chi connectivity index (χ0v) is 6.50. The molecule has 0 radical (unpaired) electrons. The second-order valence-corrected chi connectivity index (χ2v) is 2.86. The number of nitrogens with one attached hydrogen (secondary N) is 1. The van der Waals surface area contributed by atoms with Gasteiger partial charge in [0, 0.05) is 19.4 Å². The number of hydrogen-bond donors (Lipinski definition) is 1. The van der Waals surface area contributed by atoms with E-state index in [1.807, 2.05) is 6.92 Å². The summed E-state index contributed by atoms with van der Waals surface area (Å²) >= 11 is 0. The summed E-state index contributed by atoms with van der Waals surface area (Å²) in [6, 6.07) is 0. The molecular formula is C7H11N3O. The molecule has 0 spiro atoms. The van der Waals surface area contributed by atoms with Gasteiger partial charge in [0.25, 0.3) is 0 Å². The van der Waals surface area contributed by atoms with Gasteiger partial charge in [-0.15, -0.1) is 0 Å². The van der Waals surface area contributed by atoms with Crippen LogP contribution in [0.3, 0.4) is 0 Å². The van der Waals surface area contributed by atoms with Crippen LogP contribution in [-0.4, -0.2) is 23.2 Å². The lowest BCUT2D eigenvalue weighted by molar-refractivity contribution is 0.384. The molecule has 0 aromatic carbocycles. The van der Waals surface area contributed by atoms with E-state index in [9.17, 15) is 0 Å². The Bertz CT molecular complexity index is 240. The third-order valence-corrected chi connectivity index (χ3v) is 1.97. The zero-order valence-electron chi connectivity index (χ0n) is 6.50. The third-order valence-electron chi connectivity index (χ3n) is 1.97. The van der Waals surface area contributed by atoms with Gasteiger partial charge in [0.15, 0.2) is 5.82 Å². The van der Waals surface area contributed by atoms with Crippen LogP contribution in [0.2, 0.25) is 0 Å². The van der Waals surface area contributed by atoms with Crippen molar-refractivity contribution in [3.8, 4) is 0 Å². The molecule has 4 heteroatoms. The summed E-state index contributed by atoms with van der Waals surface area (Å²) in [5.74, 6) is 1.98. The van der Waals surface area contributed by atoms with E-state index in [0.29, 0.717) is 11.8 Å². The molecule has 1 aromatic heterocycles. The molecule has 1 atom stereocenters. The van der Waals surface area contributed by atoms with Gasteiger partial charge in [-0.3, -0.25) is 0 Å². The molecule has 0 bridgehead atoms. The maximum absolute atomic E-state index is 4.89. The molecule has 2 rings (SSSR count). The molecule has 0 saturated carbocycles. The van der Waals surface area contributed by atoms with E-state index in [4.69, 9.17) is 4.52 Å². The van der Waals surface area contributed by atoms with Crippen molar-refractivity contribution in [2.24, 2.45) is 0 Å². The molecule has 1 aromatic rings. The van der Waals surface area contributed by atoms with E-state index in [1.54, 1.807) is 0 Å². The second-order valence-electron chi connectivity index (χ2n) is 2.86. The maximum Gasteiger partial charge on any atom is 0.223 e. The van der Waals surface area contributed by atoms with E-state index in [2.05, 4.69) is 15.5 Å². The first-order valence-corrected chi connectivity index (χ1v) is 3.87. The van der Waals surface area contributed by atoms with Gasteiger partial charge >= 0.3 is 0 Å². The lowest BCUT2D eigenvalue weighted by Gasteiger charge is -1.98. The second kappa shape index (κ2) is 2.62. The Balaban J connectivity index is 2.15. The largest absolute Gasteiger partial charge is 0.340 e. The predicted octanol–water partition coefficient (Wildman–Crippen LogP) is 0.455. The van der Waals surface area contributed by atoms with Crippen LogP contribution in [0.4, 0.5) is 0 Å². The monoisotopic (exact) mass is 153 g/mol. The van der Waals surface area contributed by atoms with Crippen LogP contribution in [0, 0.1) is 6.92 Å². The predicted molar refractivity (Wildman–Crippen MR) is 39.3 cm³/mol. The summed E-state index contributed by atoms with van der Waals surface area (Å²) in [5.41, 5.74) is 0. The van der Waals surface area contributed by atoms with Crippen molar-refractivity contribution < 1.29 is 4.52 Å². The molecule has 1 aliphatic rings. The molecule has 1 N–H and O–H groups in total. The average Bonchev–Trinajstić information content (AvgIpc) is 2.55. The summed E-state index contributed by atoms with van der Waals surface area (Å²) in [4.78, 5) is 4.17. The summed E-state index contributed by atoms with van der Waals surface area (Å²) in [6.45, 7) is 3.87. The Kier molecular flexibility index (Phi) is 1.62. The number of aromatic nitrogens is 2. The fraction of sp³-hybridized carbons (Fsp3) is 0.714. The normalized spacial score (nSPS) is 24.3. The van der Waals surface area contributed by atoms with Crippen LogP contribution in [0.25, 0.3) is 0 Å². The molecule has 60 valence electrons. The van der Waals surface area contributed by atoms with Crippen LogP contribution in [0.1, 0.15) is 24.1 Å². The Morgan fingerprint density at radius 2 is 2.55 bits per heavy atom. The minimum atomic E-state index is 0.465. The summed E-state index contributed by atoms with van der Waals surface area (Å²) in [6.07, 6.45) is 1.12. The van der Waals surface area contributed by atoms with Crippen molar-refractivity contribution >= 4 is 0 Å². The highest BCUT2D eigenvalue weighted by atomic mass is 16.5. The van der Waals surface area contributed by atoms with Crippen molar-refractivity contribution in [2.45, 2.75) is 19.3 Å². The highest BCUT2D eigenvalue weighted by Crippen LogP contribution is 2.18. The molecule has 11 heavy (non-hydrogen) atoms. The van der Waals surface area contributed by atoms with Gasteiger partial charge in [0.1, 0.15) is 0 Å². The Morgan fingerprint density at radius 1 is 1.64 bits per heavy atom. The number of hydrogen-bond acceptors (Lipinski definition) is 4. The van der Waals surface area contributed by atoms with Crippen LogP contribution in [0.15, 0.2) is 4.52 Å². The minimum Gasteiger partial charge on any atom is -0.340 e. The first-order chi connectivity index (χ1) is 5.36. The lowest BCUT2D eigenvalue weighted by atomic mass is 10.1. The van der Waals surface area contributed by atoms with E-state index in [0.717, 1.165) is 25.3 Å². The van der Waals surface area contributed by atoms with Crippen LogP contribution < -0.4 is 5.32 Å². The van der Waals surface area contributed by atoms with Gasteiger partial charge < -0.3 is 9.84 Å². The van der Waals surface area contributed by atoms with E-state index >= 15 is 0 Å². The number of aryl methyl sites for hydroxylation is 1. The molecule has 0 aliphatic carbocycles. The van der Waals surface area contributed by atoms with Gasteiger partial charge in [0.2, 0.25) is 5.89 Å². The van der Waals surface area contributed by atoms with Crippen LogP contribution in [-0.2, 0) is 0 Å². The van der Waals surface area contributed by atoms with Gasteiger partial charge in [-0.05, 0) is 13.0 Å². The highest BCUT2D eigenvalue weighted by molar-refractivity contribution is 4.98. The zero-order chi connectivity index (χ0) is 7.68. The summed E-state index contributed by atoms with van der Waals surface area (Å²) in [5, 5.41) is 7.13. The molecule has 1 fully saturated rings. The van der Waals surface area contributed by atoms with E-state index < -0.39 is 0 Å². The minimum absolute atomic E-state index is 0.465. The maximum atomic E-state index is 4.89. The van der Waals surface area contributed by atoms with Gasteiger partial charge in [-0.25, -0.2) is 0 Å². The van der Waals surface area contributed by atoms with Gasteiger partial charge in [-0.2, -0.15) is 4.98 Å². The lowest BCUT2D eigenvalue weighted by Crippen LogP contribution is -2.08. The molecular weight excluding hydrogens is 142 g/mol. The van der Waals surface area contributed by atoms with Crippen molar-refractivity contribution in [1.29, 1.82) is 0 Å². The van der Waals surface area contributed by atoms with Crippen molar-refractivity contribution in [3.05, 3.63) is 11.7 Å². The molecule has 1 saturated heterocycles. The Morgan fingerprint density at radius 3 is 3.09 bits per heavy atom. The Hall–Kier alpha value is -0.900. The third kappa shape index (κ3) is 1.26. The fourth-order valence-corrected chi connectivity index (χ4v) is 1.36. The molecule has 0 unspecified atom stereocenters. The average molecular weight is 153 g/mol. The SMILES string of the molecule is Cc1nc([C@@H]2CCNC2)no1. The molecule has 0 amide bonds. The fourth-order valence-electron chi connectivity index (χ4n) is 1.36. The topological polar surface area (TPSA) is 51.0 Å². The number of nitrogens with zero attached hydrogens (tertiary/aromatic N) is 2. The number of rotatable bonds is 1. The van der Waals surface area contributed by atoms with Gasteiger partial charge in [0.05, 0.1) is 0 Å². The van der Waals surface area contributed by atoms with Crippen molar-refractivity contribution in [2.75, 3.05) is 13.1 Å². The van der Waals surface area contributed by atoms with E-state index in [1.165, 1.54) is 0 Å². The molecule has 2 heterocycles. The summed E-state index contributed by atoms with van der Waals surface area (Å²) in [7, 11) is 0. The van der Waals surface area contributed by atoms with Crippen molar-refractivity contribution in [3.63, 3.8) is 0 Å². The quantitative estimate of drug-likeness (QED) is 0.636. The molecule has 1 aliphatic heterocycles. The van der Waals surface area contributed by atoms with Crippen molar-refractivity contribution in [1.82, 2.24) is 15.5 Å². The molecule has 4 nitrogen and oxygen atoms in total.